The SMILES string of the molecule is CCC(=O)C(C(C)=O)(C(C)=O)C(=O)CC. The van der Waals surface area contributed by atoms with Crippen LogP contribution in [0.5, 0.6) is 0 Å². The van der Waals surface area contributed by atoms with Crippen LogP contribution >= 0.6 is 0 Å². The average Bonchev–Trinajstić information content (AvgIpc) is 2.16. The van der Waals surface area contributed by atoms with Crippen LogP contribution in [0, 0.1) is 5.41 Å². The Kier molecular flexibility index (Phi) is 4.52. The Morgan fingerprint density at radius 3 is 1.20 bits per heavy atom. The van der Waals surface area contributed by atoms with Crippen molar-refractivity contribution in [2.45, 2.75) is 40.5 Å². The third-order valence-electron chi connectivity index (χ3n) is 2.53. The lowest BCUT2D eigenvalue weighted by Crippen LogP contribution is -2.50. The smallest absolute Gasteiger partial charge is 0.202 e. The molecule has 0 aromatic rings. The van der Waals surface area contributed by atoms with Gasteiger partial charge in [-0.25, -0.2) is 0 Å². The van der Waals surface area contributed by atoms with Crippen LogP contribution in [0.15, 0.2) is 0 Å². The third-order valence-corrected chi connectivity index (χ3v) is 2.53. The first kappa shape index (κ1) is 13.7. The summed E-state index contributed by atoms with van der Waals surface area (Å²) in [6.07, 6.45) is 0.00972. The van der Waals surface area contributed by atoms with Crippen LogP contribution in [0.2, 0.25) is 0 Å². The molecule has 0 aromatic carbocycles. The lowest BCUT2D eigenvalue weighted by molar-refractivity contribution is -0.153. The molecule has 0 aliphatic carbocycles. The van der Waals surface area contributed by atoms with Gasteiger partial charge in [-0.3, -0.25) is 19.2 Å². The number of carbonyl (C=O) groups excluding carboxylic acids is 4. The van der Waals surface area contributed by atoms with Gasteiger partial charge in [0.15, 0.2) is 23.1 Å². The number of ketones is 4. The normalized spacial score (nSPS) is 10.9. The van der Waals surface area contributed by atoms with Crippen molar-refractivity contribution < 1.29 is 19.2 Å². The Bertz CT molecular complexity index is 283. The second kappa shape index (κ2) is 4.96. The van der Waals surface area contributed by atoms with E-state index in [0.29, 0.717) is 0 Å². The highest BCUT2D eigenvalue weighted by atomic mass is 16.2. The predicted molar refractivity (Wildman–Crippen MR) is 54.4 cm³/mol. The molecule has 0 aliphatic heterocycles. The summed E-state index contributed by atoms with van der Waals surface area (Å²) in [6.45, 7) is 5.29. The monoisotopic (exact) mass is 212 g/mol. The fourth-order valence-electron chi connectivity index (χ4n) is 1.72. The molecule has 0 saturated carbocycles. The minimum absolute atomic E-state index is 0.00486. The van der Waals surface area contributed by atoms with E-state index in [-0.39, 0.29) is 12.8 Å². The fraction of sp³-hybridized carbons (Fsp3) is 0.636. The van der Waals surface area contributed by atoms with E-state index in [1.165, 1.54) is 13.8 Å². The zero-order valence-corrected chi connectivity index (χ0v) is 9.55. The maximum atomic E-state index is 11.7. The lowest BCUT2D eigenvalue weighted by atomic mass is 9.71. The van der Waals surface area contributed by atoms with E-state index in [4.69, 9.17) is 0 Å². The highest BCUT2D eigenvalue weighted by molar-refractivity contribution is 6.37. The Labute approximate surface area is 89.0 Å². The zero-order valence-electron chi connectivity index (χ0n) is 9.55. The lowest BCUT2D eigenvalue weighted by Gasteiger charge is -2.24. The maximum absolute atomic E-state index is 11.7. The van der Waals surface area contributed by atoms with Gasteiger partial charge in [-0.15, -0.1) is 0 Å². The van der Waals surface area contributed by atoms with E-state index in [9.17, 15) is 19.2 Å². The van der Waals surface area contributed by atoms with Gasteiger partial charge in [0.2, 0.25) is 5.41 Å². The van der Waals surface area contributed by atoms with Crippen LogP contribution in [-0.2, 0) is 19.2 Å². The molecule has 0 aromatic heterocycles. The molecule has 0 atom stereocenters. The second-order valence-electron chi connectivity index (χ2n) is 3.42. The van der Waals surface area contributed by atoms with E-state index in [0.717, 1.165) is 13.8 Å². The van der Waals surface area contributed by atoms with E-state index in [1.807, 2.05) is 0 Å². The quantitative estimate of drug-likeness (QED) is 0.618. The molecule has 4 nitrogen and oxygen atoms in total. The summed E-state index contributed by atoms with van der Waals surface area (Å²) < 4.78 is 0. The van der Waals surface area contributed by atoms with Crippen LogP contribution in [0.4, 0.5) is 0 Å². The first-order valence-electron chi connectivity index (χ1n) is 4.94. The summed E-state index contributed by atoms with van der Waals surface area (Å²) in [5.41, 5.74) is -2.04. The van der Waals surface area contributed by atoms with Crippen LogP contribution < -0.4 is 0 Å². The van der Waals surface area contributed by atoms with Gasteiger partial charge < -0.3 is 0 Å². The molecule has 0 bridgehead atoms. The summed E-state index contributed by atoms with van der Waals surface area (Å²) in [6, 6.07) is 0. The van der Waals surface area contributed by atoms with E-state index >= 15 is 0 Å². The molecule has 0 rings (SSSR count). The number of hydrogen-bond acceptors (Lipinski definition) is 4. The van der Waals surface area contributed by atoms with Crippen molar-refractivity contribution in [3.8, 4) is 0 Å². The van der Waals surface area contributed by atoms with Crippen molar-refractivity contribution in [3.05, 3.63) is 0 Å². The largest absolute Gasteiger partial charge is 0.298 e. The minimum atomic E-state index is -2.04. The van der Waals surface area contributed by atoms with Crippen LogP contribution in [0.25, 0.3) is 0 Å². The molecule has 0 amide bonds. The van der Waals surface area contributed by atoms with E-state index in [1.54, 1.807) is 0 Å². The number of carbonyl (C=O) groups is 4. The molecular formula is C11H16O4. The van der Waals surface area contributed by atoms with E-state index < -0.39 is 28.5 Å². The minimum Gasteiger partial charge on any atom is -0.298 e. The van der Waals surface area contributed by atoms with Crippen molar-refractivity contribution in [1.82, 2.24) is 0 Å². The Balaban J connectivity index is 5.70. The standard InChI is InChI=1S/C11H16O4/c1-5-9(14)11(7(3)12,8(4)13)10(15)6-2/h5-6H2,1-4H3. The molecular weight excluding hydrogens is 196 g/mol. The van der Waals surface area contributed by atoms with Crippen molar-refractivity contribution >= 4 is 23.1 Å². The molecule has 0 fully saturated rings. The summed E-state index contributed by atoms with van der Waals surface area (Å²) in [5.74, 6) is -2.55. The van der Waals surface area contributed by atoms with Crippen molar-refractivity contribution in [1.29, 1.82) is 0 Å². The predicted octanol–water partition coefficient (Wildman–Crippen LogP) is 1.11. The fourth-order valence-corrected chi connectivity index (χ4v) is 1.72. The summed E-state index contributed by atoms with van der Waals surface area (Å²) in [7, 11) is 0. The maximum Gasteiger partial charge on any atom is 0.202 e. The van der Waals surface area contributed by atoms with Crippen molar-refractivity contribution in [3.63, 3.8) is 0 Å². The van der Waals surface area contributed by atoms with Gasteiger partial charge in [-0.05, 0) is 13.8 Å². The van der Waals surface area contributed by atoms with Gasteiger partial charge in [0.25, 0.3) is 0 Å². The molecule has 0 radical (unpaired) electrons. The first-order valence-corrected chi connectivity index (χ1v) is 4.94. The van der Waals surface area contributed by atoms with Gasteiger partial charge in [0.05, 0.1) is 0 Å². The van der Waals surface area contributed by atoms with Crippen LogP contribution in [-0.4, -0.2) is 23.1 Å². The Morgan fingerprint density at radius 1 is 0.800 bits per heavy atom. The zero-order chi connectivity index (χ0) is 12.2. The molecule has 0 spiro atoms. The molecule has 4 heteroatoms. The number of Topliss-reactive ketones (excluding diaryl/α,β-unsaturated/α-hetero) is 4. The topological polar surface area (TPSA) is 68.3 Å². The van der Waals surface area contributed by atoms with Gasteiger partial charge in [-0.1, -0.05) is 13.8 Å². The molecule has 0 aliphatic rings. The first-order chi connectivity index (χ1) is 6.85. The molecule has 0 saturated heterocycles. The van der Waals surface area contributed by atoms with Gasteiger partial charge in [0, 0.05) is 12.8 Å². The second-order valence-corrected chi connectivity index (χ2v) is 3.42. The molecule has 84 valence electrons. The van der Waals surface area contributed by atoms with Gasteiger partial charge in [-0.2, -0.15) is 0 Å². The number of rotatable bonds is 6. The van der Waals surface area contributed by atoms with Gasteiger partial charge in [0.1, 0.15) is 0 Å². The average molecular weight is 212 g/mol. The van der Waals surface area contributed by atoms with Crippen molar-refractivity contribution in [2.24, 2.45) is 5.41 Å². The third kappa shape index (κ3) is 2.03. The summed E-state index contributed by atoms with van der Waals surface area (Å²) in [4.78, 5) is 46.2. The molecule has 0 N–H and O–H groups in total. The van der Waals surface area contributed by atoms with E-state index in [2.05, 4.69) is 0 Å². The highest BCUT2D eigenvalue weighted by Crippen LogP contribution is 2.26. The summed E-state index contributed by atoms with van der Waals surface area (Å²) >= 11 is 0. The van der Waals surface area contributed by atoms with Crippen LogP contribution in [0.1, 0.15) is 40.5 Å². The number of hydrogen-bond donors (Lipinski definition) is 0. The van der Waals surface area contributed by atoms with Crippen LogP contribution in [0.3, 0.4) is 0 Å². The molecule has 15 heavy (non-hydrogen) atoms. The molecule has 0 heterocycles. The Hall–Kier alpha value is -1.32. The molecule has 0 unspecified atom stereocenters. The summed E-state index contributed by atoms with van der Waals surface area (Å²) in [5, 5.41) is 0. The highest BCUT2D eigenvalue weighted by Gasteiger charge is 2.51. The van der Waals surface area contributed by atoms with Crippen molar-refractivity contribution in [2.75, 3.05) is 0 Å². The van der Waals surface area contributed by atoms with Gasteiger partial charge >= 0.3 is 0 Å². The Morgan fingerprint density at radius 2 is 1.07 bits per heavy atom.